The summed E-state index contributed by atoms with van der Waals surface area (Å²) in [5.74, 6) is -0.412. The van der Waals surface area contributed by atoms with Crippen LogP contribution in [0.5, 0.6) is 0 Å². The Balaban J connectivity index is 2.00. The van der Waals surface area contributed by atoms with Gasteiger partial charge in [0.05, 0.1) is 12.5 Å². The summed E-state index contributed by atoms with van der Waals surface area (Å²) in [5, 5.41) is 2.95. The third-order valence-electron chi connectivity index (χ3n) is 3.96. The first-order chi connectivity index (χ1) is 10.5. The molecule has 2 rings (SSSR count). The van der Waals surface area contributed by atoms with Gasteiger partial charge in [-0.05, 0) is 50.8 Å². The minimum atomic E-state index is -0.210. The molecule has 1 aromatic rings. The van der Waals surface area contributed by atoms with E-state index >= 15 is 0 Å². The van der Waals surface area contributed by atoms with Crippen LogP contribution in [0.4, 0.5) is 10.5 Å². The Morgan fingerprint density at radius 3 is 2.86 bits per heavy atom. The van der Waals surface area contributed by atoms with Crippen LogP contribution in [0.25, 0.3) is 0 Å². The number of hydrogen-bond donors (Lipinski definition) is 1. The van der Waals surface area contributed by atoms with Crippen molar-refractivity contribution in [3.8, 4) is 0 Å². The van der Waals surface area contributed by atoms with Gasteiger partial charge in [-0.25, -0.2) is 4.79 Å². The Morgan fingerprint density at radius 2 is 2.14 bits per heavy atom. The van der Waals surface area contributed by atoms with Crippen molar-refractivity contribution in [3.63, 3.8) is 0 Å². The number of rotatable bonds is 3. The van der Waals surface area contributed by atoms with E-state index in [2.05, 4.69) is 5.32 Å². The zero-order valence-corrected chi connectivity index (χ0v) is 13.5. The summed E-state index contributed by atoms with van der Waals surface area (Å²) in [6, 6.07) is 5.81. The van der Waals surface area contributed by atoms with Crippen LogP contribution in [0.3, 0.4) is 0 Å². The van der Waals surface area contributed by atoms with Crippen molar-refractivity contribution < 1.29 is 14.3 Å². The number of carbonyl (C=O) groups is 2. The molecular formula is C17H24N2O3. The van der Waals surface area contributed by atoms with Gasteiger partial charge < -0.3 is 15.0 Å². The van der Waals surface area contributed by atoms with Crippen molar-refractivity contribution in [2.75, 3.05) is 25.0 Å². The number of likely N-dealkylation sites (tertiary alicyclic amines) is 1. The highest BCUT2D eigenvalue weighted by Gasteiger charge is 2.29. The van der Waals surface area contributed by atoms with Gasteiger partial charge >= 0.3 is 12.0 Å². The fourth-order valence-corrected chi connectivity index (χ4v) is 2.68. The van der Waals surface area contributed by atoms with Crippen LogP contribution < -0.4 is 5.32 Å². The molecule has 1 fully saturated rings. The van der Waals surface area contributed by atoms with Crippen LogP contribution in [-0.2, 0) is 9.53 Å². The van der Waals surface area contributed by atoms with Gasteiger partial charge in [0, 0.05) is 18.8 Å². The lowest BCUT2D eigenvalue weighted by Gasteiger charge is -2.31. The fraction of sp³-hybridized carbons (Fsp3) is 0.529. The number of amides is 2. The van der Waals surface area contributed by atoms with Gasteiger partial charge in [-0.15, -0.1) is 0 Å². The number of nitrogens with zero attached hydrogens (tertiary/aromatic N) is 1. The van der Waals surface area contributed by atoms with Crippen LogP contribution in [0.1, 0.15) is 30.9 Å². The van der Waals surface area contributed by atoms with Gasteiger partial charge in [0.1, 0.15) is 0 Å². The smallest absolute Gasteiger partial charge is 0.321 e. The minimum Gasteiger partial charge on any atom is -0.466 e. The second kappa shape index (κ2) is 7.29. The molecule has 0 unspecified atom stereocenters. The molecule has 1 heterocycles. The molecule has 0 spiro atoms. The maximum atomic E-state index is 12.4. The number of carbonyl (C=O) groups excluding carboxylic acids is 2. The van der Waals surface area contributed by atoms with Crippen molar-refractivity contribution in [2.45, 2.75) is 33.6 Å². The van der Waals surface area contributed by atoms with E-state index in [1.807, 2.05) is 32.0 Å². The van der Waals surface area contributed by atoms with E-state index in [1.54, 1.807) is 11.8 Å². The molecule has 1 aliphatic heterocycles. The van der Waals surface area contributed by atoms with Crippen molar-refractivity contribution >= 4 is 17.7 Å². The van der Waals surface area contributed by atoms with E-state index in [9.17, 15) is 9.59 Å². The highest BCUT2D eigenvalue weighted by molar-refractivity contribution is 5.90. The number of urea groups is 1. The van der Waals surface area contributed by atoms with Crippen LogP contribution in [0.2, 0.25) is 0 Å². The van der Waals surface area contributed by atoms with E-state index in [-0.39, 0.29) is 17.9 Å². The van der Waals surface area contributed by atoms with E-state index < -0.39 is 0 Å². The number of nitrogens with one attached hydrogen (secondary N) is 1. The molecule has 2 amide bonds. The number of piperidine rings is 1. The first-order valence-corrected chi connectivity index (χ1v) is 7.81. The number of aryl methyl sites for hydroxylation is 2. The van der Waals surface area contributed by atoms with E-state index in [4.69, 9.17) is 4.74 Å². The first-order valence-electron chi connectivity index (χ1n) is 7.81. The third kappa shape index (κ3) is 4.00. The lowest BCUT2D eigenvalue weighted by molar-refractivity contribution is -0.149. The lowest BCUT2D eigenvalue weighted by Crippen LogP contribution is -2.44. The molecule has 0 aromatic heterocycles. The number of hydrogen-bond acceptors (Lipinski definition) is 3. The lowest BCUT2D eigenvalue weighted by atomic mass is 9.98. The van der Waals surface area contributed by atoms with Gasteiger partial charge in [0.25, 0.3) is 0 Å². The topological polar surface area (TPSA) is 58.6 Å². The molecule has 0 aliphatic carbocycles. The molecule has 0 saturated carbocycles. The van der Waals surface area contributed by atoms with E-state index in [0.29, 0.717) is 19.7 Å². The van der Waals surface area contributed by atoms with Gasteiger partial charge in [-0.2, -0.15) is 0 Å². The van der Waals surface area contributed by atoms with Gasteiger partial charge in [0.2, 0.25) is 0 Å². The van der Waals surface area contributed by atoms with Crippen molar-refractivity contribution in [2.24, 2.45) is 5.92 Å². The predicted molar refractivity (Wildman–Crippen MR) is 85.9 cm³/mol. The maximum Gasteiger partial charge on any atom is 0.321 e. The number of anilines is 1. The standard InChI is InChI=1S/C17H24N2O3/c1-4-22-16(20)14-6-5-9-19(11-14)17(21)18-15-10-12(2)7-8-13(15)3/h7-8,10,14H,4-6,9,11H2,1-3H3,(H,18,21)/t14-/m0/s1. The van der Waals surface area contributed by atoms with Crippen LogP contribution >= 0.6 is 0 Å². The summed E-state index contributed by atoms with van der Waals surface area (Å²) in [7, 11) is 0. The Morgan fingerprint density at radius 1 is 1.36 bits per heavy atom. The fourth-order valence-electron chi connectivity index (χ4n) is 2.68. The van der Waals surface area contributed by atoms with Crippen LogP contribution in [0.15, 0.2) is 18.2 Å². The monoisotopic (exact) mass is 304 g/mol. The van der Waals surface area contributed by atoms with Crippen molar-refractivity contribution in [3.05, 3.63) is 29.3 Å². The predicted octanol–water partition coefficient (Wildman–Crippen LogP) is 3.11. The van der Waals surface area contributed by atoms with Crippen LogP contribution in [-0.4, -0.2) is 36.6 Å². The van der Waals surface area contributed by atoms with E-state index in [1.165, 1.54) is 0 Å². The van der Waals surface area contributed by atoms with Crippen molar-refractivity contribution in [1.29, 1.82) is 0 Å². The Bertz CT molecular complexity index is 557. The molecule has 1 aliphatic rings. The largest absolute Gasteiger partial charge is 0.466 e. The quantitative estimate of drug-likeness (QED) is 0.873. The number of ether oxygens (including phenoxy) is 1. The second-order valence-corrected chi connectivity index (χ2v) is 5.79. The third-order valence-corrected chi connectivity index (χ3v) is 3.96. The molecule has 1 aromatic carbocycles. The van der Waals surface area contributed by atoms with Crippen molar-refractivity contribution in [1.82, 2.24) is 4.90 Å². The Kier molecular flexibility index (Phi) is 5.41. The highest BCUT2D eigenvalue weighted by Crippen LogP contribution is 2.21. The molecule has 5 heteroatoms. The average molecular weight is 304 g/mol. The highest BCUT2D eigenvalue weighted by atomic mass is 16.5. The van der Waals surface area contributed by atoms with Gasteiger partial charge in [-0.1, -0.05) is 12.1 Å². The zero-order chi connectivity index (χ0) is 16.1. The van der Waals surface area contributed by atoms with Crippen LogP contribution in [0, 0.1) is 19.8 Å². The molecular weight excluding hydrogens is 280 g/mol. The first kappa shape index (κ1) is 16.3. The normalized spacial score (nSPS) is 18.0. The Labute approximate surface area is 131 Å². The SMILES string of the molecule is CCOC(=O)[C@H]1CCCN(C(=O)Nc2cc(C)ccc2C)C1. The van der Waals surface area contributed by atoms with E-state index in [0.717, 1.165) is 29.7 Å². The molecule has 0 bridgehead atoms. The molecule has 1 saturated heterocycles. The summed E-state index contributed by atoms with van der Waals surface area (Å²) in [4.78, 5) is 26.0. The molecule has 0 radical (unpaired) electrons. The average Bonchev–Trinajstić information content (AvgIpc) is 2.51. The molecule has 120 valence electrons. The maximum absolute atomic E-state index is 12.4. The van der Waals surface area contributed by atoms with Gasteiger partial charge in [-0.3, -0.25) is 4.79 Å². The summed E-state index contributed by atoms with van der Waals surface area (Å²) in [6.07, 6.45) is 1.61. The summed E-state index contributed by atoms with van der Waals surface area (Å²) < 4.78 is 5.07. The summed E-state index contributed by atoms with van der Waals surface area (Å²) in [6.45, 7) is 7.23. The molecule has 1 N–H and O–H groups in total. The number of benzene rings is 1. The molecule has 1 atom stereocenters. The number of esters is 1. The molecule has 22 heavy (non-hydrogen) atoms. The zero-order valence-electron chi connectivity index (χ0n) is 13.5. The second-order valence-electron chi connectivity index (χ2n) is 5.79. The molecule has 5 nitrogen and oxygen atoms in total. The summed E-state index contributed by atoms with van der Waals surface area (Å²) >= 11 is 0. The summed E-state index contributed by atoms with van der Waals surface area (Å²) in [5.41, 5.74) is 2.95. The minimum absolute atomic E-state index is 0.150. The van der Waals surface area contributed by atoms with Gasteiger partial charge in [0.15, 0.2) is 0 Å². The Hall–Kier alpha value is -2.04.